The summed E-state index contributed by atoms with van der Waals surface area (Å²) in [5.41, 5.74) is 5.26. The van der Waals surface area contributed by atoms with E-state index in [0.717, 1.165) is 41.8 Å². The summed E-state index contributed by atoms with van der Waals surface area (Å²) in [4.78, 5) is 0. The minimum Gasteiger partial charge on any atom is -0.392 e. The fourth-order valence-corrected chi connectivity index (χ4v) is 3.74. The van der Waals surface area contributed by atoms with Crippen LogP contribution in [0.25, 0.3) is 11.5 Å². The van der Waals surface area contributed by atoms with Gasteiger partial charge in [0.05, 0.1) is 6.61 Å². The second-order valence-corrected chi connectivity index (χ2v) is 6.76. The Morgan fingerprint density at radius 1 is 1.17 bits per heavy atom. The first kappa shape index (κ1) is 15.2. The molecule has 2 heterocycles. The van der Waals surface area contributed by atoms with E-state index in [1.54, 1.807) is 0 Å². The highest BCUT2D eigenvalue weighted by molar-refractivity contribution is 7.98. The topological polar surface area (TPSA) is 106 Å². The second kappa shape index (κ2) is 6.29. The summed E-state index contributed by atoms with van der Waals surface area (Å²) in [6, 6.07) is 7.83. The van der Waals surface area contributed by atoms with E-state index in [4.69, 9.17) is 10.9 Å². The van der Waals surface area contributed by atoms with E-state index in [1.807, 2.05) is 24.3 Å². The van der Waals surface area contributed by atoms with Crippen molar-refractivity contribution in [3.8, 4) is 11.5 Å². The average molecular weight is 342 g/mol. The van der Waals surface area contributed by atoms with Gasteiger partial charge in [0.2, 0.25) is 11.0 Å². The van der Waals surface area contributed by atoms with E-state index in [-0.39, 0.29) is 6.61 Å². The lowest BCUT2D eigenvalue weighted by molar-refractivity contribution is 0.282. The summed E-state index contributed by atoms with van der Waals surface area (Å²) < 4.78 is 1.52. The predicted molar refractivity (Wildman–Crippen MR) is 91.7 cm³/mol. The molecular weight excluding hydrogens is 324 g/mol. The third kappa shape index (κ3) is 2.67. The Bertz CT molecular complexity index is 854. The zero-order chi connectivity index (χ0) is 16.5. The SMILES string of the molecule is Nn1c(SCc2ccc(CO)cc2)nnc1-c1n[nH]c2c1CCC2. The number of aryl methyl sites for hydroxylation is 1. The van der Waals surface area contributed by atoms with Crippen molar-refractivity contribution in [2.24, 2.45) is 0 Å². The van der Waals surface area contributed by atoms with Crippen molar-refractivity contribution in [3.05, 3.63) is 46.6 Å². The van der Waals surface area contributed by atoms with Gasteiger partial charge in [-0.3, -0.25) is 5.10 Å². The zero-order valence-electron chi connectivity index (χ0n) is 13.1. The van der Waals surface area contributed by atoms with Crippen LogP contribution in [0.4, 0.5) is 0 Å². The number of aliphatic hydroxyl groups is 1. The van der Waals surface area contributed by atoms with Crippen LogP contribution in [0.2, 0.25) is 0 Å². The van der Waals surface area contributed by atoms with Gasteiger partial charge in [-0.1, -0.05) is 36.0 Å². The number of nitrogens with zero attached hydrogens (tertiary/aromatic N) is 4. The third-order valence-corrected chi connectivity index (χ3v) is 5.27. The number of aromatic nitrogens is 5. The van der Waals surface area contributed by atoms with Gasteiger partial charge in [-0.2, -0.15) is 5.10 Å². The molecule has 2 aromatic heterocycles. The number of fused-ring (bicyclic) bond motifs is 1. The van der Waals surface area contributed by atoms with Crippen molar-refractivity contribution >= 4 is 11.8 Å². The van der Waals surface area contributed by atoms with Crippen LogP contribution in [0.3, 0.4) is 0 Å². The molecule has 0 aliphatic heterocycles. The predicted octanol–water partition coefficient (Wildman–Crippen LogP) is 1.66. The molecule has 4 N–H and O–H groups in total. The van der Waals surface area contributed by atoms with Gasteiger partial charge in [0.15, 0.2) is 0 Å². The maximum Gasteiger partial charge on any atom is 0.210 e. The third-order valence-electron chi connectivity index (χ3n) is 4.26. The molecule has 7 nitrogen and oxygen atoms in total. The minimum absolute atomic E-state index is 0.0574. The standard InChI is InChI=1S/C16H18N6OS/c17-22-15(14-12-2-1-3-13(12)18-19-14)20-21-16(22)24-9-11-6-4-10(8-23)5-7-11/h4-7,23H,1-3,8-9,17H2,(H,18,19). The Morgan fingerprint density at radius 2 is 1.96 bits per heavy atom. The van der Waals surface area contributed by atoms with Gasteiger partial charge >= 0.3 is 0 Å². The highest BCUT2D eigenvalue weighted by Crippen LogP contribution is 2.30. The normalized spacial score (nSPS) is 13.4. The van der Waals surface area contributed by atoms with Crippen LogP contribution in [0.15, 0.2) is 29.4 Å². The van der Waals surface area contributed by atoms with E-state index in [1.165, 1.54) is 27.7 Å². The molecule has 0 radical (unpaired) electrons. The van der Waals surface area contributed by atoms with Crippen LogP contribution < -0.4 is 5.84 Å². The quantitative estimate of drug-likeness (QED) is 0.481. The maximum absolute atomic E-state index is 9.08. The largest absolute Gasteiger partial charge is 0.392 e. The summed E-state index contributed by atoms with van der Waals surface area (Å²) >= 11 is 1.53. The highest BCUT2D eigenvalue weighted by Gasteiger charge is 2.23. The first-order chi connectivity index (χ1) is 11.8. The average Bonchev–Trinajstić information content (AvgIpc) is 3.30. The van der Waals surface area contributed by atoms with Crippen LogP contribution >= 0.6 is 11.8 Å². The Balaban J connectivity index is 1.51. The van der Waals surface area contributed by atoms with Crippen molar-refractivity contribution in [3.63, 3.8) is 0 Å². The van der Waals surface area contributed by atoms with Crippen molar-refractivity contribution in [2.45, 2.75) is 36.8 Å². The molecule has 3 aromatic rings. The molecule has 1 aromatic carbocycles. The van der Waals surface area contributed by atoms with Crippen LogP contribution in [-0.2, 0) is 25.2 Å². The Kier molecular flexibility index (Phi) is 3.99. The maximum atomic E-state index is 9.08. The number of nitrogens with one attached hydrogen (secondary N) is 1. The molecule has 0 atom stereocenters. The van der Waals surface area contributed by atoms with Crippen LogP contribution in [0.1, 0.15) is 28.8 Å². The summed E-state index contributed by atoms with van der Waals surface area (Å²) in [6.07, 6.45) is 3.18. The van der Waals surface area contributed by atoms with E-state index >= 15 is 0 Å². The summed E-state index contributed by atoms with van der Waals surface area (Å²) in [5, 5.41) is 25.6. The highest BCUT2D eigenvalue weighted by atomic mass is 32.2. The van der Waals surface area contributed by atoms with Crippen molar-refractivity contribution in [1.82, 2.24) is 25.1 Å². The molecule has 0 saturated heterocycles. The summed E-state index contributed by atoms with van der Waals surface area (Å²) in [6.45, 7) is 0.0574. The Morgan fingerprint density at radius 3 is 2.75 bits per heavy atom. The summed E-state index contributed by atoms with van der Waals surface area (Å²) in [5.74, 6) is 7.52. The molecule has 1 aliphatic rings. The van der Waals surface area contributed by atoms with Gasteiger partial charge in [-0.25, -0.2) is 4.68 Å². The number of thioether (sulfide) groups is 1. The lowest BCUT2D eigenvalue weighted by Gasteiger charge is -2.04. The van der Waals surface area contributed by atoms with Crippen LogP contribution in [0, 0.1) is 0 Å². The molecule has 0 amide bonds. The second-order valence-electron chi connectivity index (χ2n) is 5.82. The number of hydrogen-bond acceptors (Lipinski definition) is 6. The van der Waals surface area contributed by atoms with Gasteiger partial charge in [-0.05, 0) is 30.4 Å². The minimum atomic E-state index is 0.0574. The van der Waals surface area contributed by atoms with Gasteiger partial charge in [-0.15, -0.1) is 10.2 Å². The smallest absolute Gasteiger partial charge is 0.210 e. The first-order valence-electron chi connectivity index (χ1n) is 7.84. The lowest BCUT2D eigenvalue weighted by atomic mass is 10.2. The number of nitrogens with two attached hydrogens (primary N) is 1. The van der Waals surface area contributed by atoms with Crippen molar-refractivity contribution in [2.75, 3.05) is 5.84 Å². The van der Waals surface area contributed by atoms with E-state index in [2.05, 4.69) is 20.4 Å². The van der Waals surface area contributed by atoms with Gasteiger partial charge in [0, 0.05) is 17.0 Å². The van der Waals surface area contributed by atoms with Crippen LogP contribution in [0.5, 0.6) is 0 Å². The zero-order valence-corrected chi connectivity index (χ0v) is 13.9. The number of H-pyrrole nitrogens is 1. The number of nitrogen functional groups attached to an aromatic ring is 1. The fourth-order valence-electron chi connectivity index (χ4n) is 2.93. The van der Waals surface area contributed by atoms with E-state index in [0.29, 0.717) is 11.0 Å². The van der Waals surface area contributed by atoms with Gasteiger partial charge in [0.25, 0.3) is 0 Å². The molecule has 0 bridgehead atoms. The molecule has 0 spiro atoms. The van der Waals surface area contributed by atoms with Crippen LogP contribution in [-0.4, -0.2) is 30.2 Å². The Labute approximate surface area is 143 Å². The number of benzene rings is 1. The molecule has 24 heavy (non-hydrogen) atoms. The van der Waals surface area contributed by atoms with E-state index in [9.17, 15) is 0 Å². The molecular formula is C16H18N6OS. The molecule has 0 fully saturated rings. The first-order valence-corrected chi connectivity index (χ1v) is 8.83. The number of hydrogen-bond donors (Lipinski definition) is 3. The van der Waals surface area contributed by atoms with Gasteiger partial charge in [0.1, 0.15) is 5.69 Å². The molecule has 124 valence electrons. The van der Waals surface area contributed by atoms with E-state index < -0.39 is 0 Å². The van der Waals surface area contributed by atoms with Crippen molar-refractivity contribution in [1.29, 1.82) is 0 Å². The molecule has 4 rings (SSSR count). The molecule has 0 saturated carbocycles. The molecule has 0 unspecified atom stereocenters. The fraction of sp³-hybridized carbons (Fsp3) is 0.312. The Hall–Kier alpha value is -2.32. The summed E-state index contributed by atoms with van der Waals surface area (Å²) in [7, 11) is 0. The number of aliphatic hydroxyl groups excluding tert-OH is 1. The monoisotopic (exact) mass is 342 g/mol. The van der Waals surface area contributed by atoms with Gasteiger partial charge < -0.3 is 10.9 Å². The van der Waals surface area contributed by atoms with Crippen molar-refractivity contribution < 1.29 is 5.11 Å². The molecule has 1 aliphatic carbocycles. The molecule has 8 heteroatoms. The lowest BCUT2D eigenvalue weighted by Crippen LogP contribution is -2.12. The number of aromatic amines is 1. The number of rotatable bonds is 5.